The van der Waals surface area contributed by atoms with Crippen LogP contribution < -0.4 is 5.32 Å². The van der Waals surface area contributed by atoms with Gasteiger partial charge in [0.05, 0.1) is 13.0 Å². The summed E-state index contributed by atoms with van der Waals surface area (Å²) in [5.74, 6) is -0.121. The maximum Gasteiger partial charge on any atom is 0.307 e. The van der Waals surface area contributed by atoms with Gasteiger partial charge in [0.1, 0.15) is 0 Å². The van der Waals surface area contributed by atoms with Gasteiger partial charge in [-0.2, -0.15) is 0 Å². The van der Waals surface area contributed by atoms with E-state index in [4.69, 9.17) is 9.47 Å². The van der Waals surface area contributed by atoms with Crippen LogP contribution in [0.5, 0.6) is 0 Å². The smallest absolute Gasteiger partial charge is 0.307 e. The highest BCUT2D eigenvalue weighted by Crippen LogP contribution is 2.28. The van der Waals surface area contributed by atoms with E-state index < -0.39 is 0 Å². The zero-order valence-corrected chi connectivity index (χ0v) is 11.3. The molecule has 0 saturated carbocycles. The van der Waals surface area contributed by atoms with Crippen LogP contribution in [0.3, 0.4) is 0 Å². The van der Waals surface area contributed by atoms with Gasteiger partial charge in [0.2, 0.25) is 0 Å². The van der Waals surface area contributed by atoms with Gasteiger partial charge in [-0.15, -0.1) is 0 Å². The van der Waals surface area contributed by atoms with E-state index in [1.165, 1.54) is 0 Å². The van der Waals surface area contributed by atoms with Gasteiger partial charge >= 0.3 is 5.97 Å². The molecule has 1 atom stereocenters. The number of ether oxygens (including phenoxy) is 2. The first kappa shape index (κ1) is 14.5. The second-order valence-electron chi connectivity index (χ2n) is 5.21. The molecule has 1 heterocycles. The van der Waals surface area contributed by atoms with Gasteiger partial charge in [0.15, 0.2) is 0 Å². The van der Waals surface area contributed by atoms with Crippen LogP contribution in [0, 0.1) is 5.41 Å². The zero-order chi connectivity index (χ0) is 12.7. The van der Waals surface area contributed by atoms with Gasteiger partial charge in [-0.25, -0.2) is 0 Å². The molecule has 0 spiro atoms. The monoisotopic (exact) mass is 243 g/mol. The second-order valence-corrected chi connectivity index (χ2v) is 5.21. The summed E-state index contributed by atoms with van der Waals surface area (Å²) in [6.45, 7) is 9.24. The van der Waals surface area contributed by atoms with Crippen molar-refractivity contribution >= 4 is 5.97 Å². The Labute approximate surface area is 104 Å². The molecule has 1 N–H and O–H groups in total. The highest BCUT2D eigenvalue weighted by Gasteiger charge is 2.27. The van der Waals surface area contributed by atoms with E-state index in [2.05, 4.69) is 12.2 Å². The van der Waals surface area contributed by atoms with Crippen LogP contribution in [-0.2, 0) is 14.3 Å². The minimum Gasteiger partial charge on any atom is -0.466 e. The molecule has 1 unspecified atom stereocenters. The predicted molar refractivity (Wildman–Crippen MR) is 66.9 cm³/mol. The van der Waals surface area contributed by atoms with Crippen molar-refractivity contribution in [3.63, 3.8) is 0 Å². The molecule has 100 valence electrons. The predicted octanol–water partition coefficient (Wildman–Crippen LogP) is 1.73. The van der Waals surface area contributed by atoms with Crippen molar-refractivity contribution in [3.05, 3.63) is 0 Å². The number of carbonyl (C=O) groups is 1. The van der Waals surface area contributed by atoms with E-state index in [9.17, 15) is 4.79 Å². The van der Waals surface area contributed by atoms with Crippen LogP contribution in [0.2, 0.25) is 0 Å². The Morgan fingerprint density at radius 2 is 2.12 bits per heavy atom. The van der Waals surface area contributed by atoms with Crippen molar-refractivity contribution in [2.24, 2.45) is 5.41 Å². The van der Waals surface area contributed by atoms with Crippen molar-refractivity contribution in [1.29, 1.82) is 0 Å². The lowest BCUT2D eigenvalue weighted by Crippen LogP contribution is -2.41. The van der Waals surface area contributed by atoms with E-state index in [0.29, 0.717) is 18.4 Å². The fourth-order valence-corrected chi connectivity index (χ4v) is 2.00. The van der Waals surface area contributed by atoms with Crippen molar-refractivity contribution in [2.75, 3.05) is 26.4 Å². The standard InChI is InChI=1S/C13H25NO3/c1-4-17-12(15)9-11(2)14-10-13(3)5-7-16-8-6-13/h11,14H,4-10H2,1-3H3. The first-order chi connectivity index (χ1) is 8.06. The fraction of sp³-hybridized carbons (Fsp3) is 0.923. The van der Waals surface area contributed by atoms with Gasteiger partial charge in [-0.05, 0) is 32.1 Å². The highest BCUT2D eigenvalue weighted by molar-refractivity contribution is 5.69. The van der Waals surface area contributed by atoms with Crippen molar-refractivity contribution in [1.82, 2.24) is 5.32 Å². The summed E-state index contributed by atoms with van der Waals surface area (Å²) < 4.78 is 10.3. The normalized spacial score (nSPS) is 20.9. The lowest BCUT2D eigenvalue weighted by atomic mass is 9.82. The number of nitrogens with one attached hydrogen (secondary N) is 1. The first-order valence-electron chi connectivity index (χ1n) is 6.52. The summed E-state index contributed by atoms with van der Waals surface area (Å²) in [5, 5.41) is 3.43. The molecule has 0 bridgehead atoms. The average Bonchev–Trinajstić information content (AvgIpc) is 2.28. The first-order valence-corrected chi connectivity index (χ1v) is 6.52. The van der Waals surface area contributed by atoms with E-state index >= 15 is 0 Å². The van der Waals surface area contributed by atoms with Crippen LogP contribution in [0.1, 0.15) is 40.0 Å². The molecule has 1 aliphatic rings. The van der Waals surface area contributed by atoms with Crippen molar-refractivity contribution in [3.8, 4) is 0 Å². The van der Waals surface area contributed by atoms with Gasteiger partial charge in [-0.3, -0.25) is 4.79 Å². The number of hydrogen-bond acceptors (Lipinski definition) is 4. The zero-order valence-electron chi connectivity index (χ0n) is 11.3. The molecule has 17 heavy (non-hydrogen) atoms. The van der Waals surface area contributed by atoms with E-state index in [-0.39, 0.29) is 12.0 Å². The molecule has 0 aromatic carbocycles. The summed E-state index contributed by atoms with van der Waals surface area (Å²) in [5.41, 5.74) is 0.307. The Kier molecular flexibility index (Phi) is 5.92. The fourth-order valence-electron chi connectivity index (χ4n) is 2.00. The molecule has 0 aromatic rings. The minimum atomic E-state index is -0.121. The Morgan fingerprint density at radius 1 is 1.47 bits per heavy atom. The SMILES string of the molecule is CCOC(=O)CC(C)NCC1(C)CCOCC1. The van der Waals surface area contributed by atoms with Crippen LogP contribution in [0.15, 0.2) is 0 Å². The van der Waals surface area contributed by atoms with E-state index in [0.717, 1.165) is 32.6 Å². The Balaban J connectivity index is 2.22. The maximum atomic E-state index is 11.3. The quantitative estimate of drug-likeness (QED) is 0.722. The summed E-state index contributed by atoms with van der Waals surface area (Å²) >= 11 is 0. The topological polar surface area (TPSA) is 47.6 Å². The van der Waals surface area contributed by atoms with E-state index in [1.54, 1.807) is 0 Å². The summed E-state index contributed by atoms with van der Waals surface area (Å²) in [7, 11) is 0. The lowest BCUT2D eigenvalue weighted by molar-refractivity contribution is -0.143. The van der Waals surface area contributed by atoms with Gasteiger partial charge in [0.25, 0.3) is 0 Å². The lowest BCUT2D eigenvalue weighted by Gasteiger charge is -2.34. The number of hydrogen-bond donors (Lipinski definition) is 1. The van der Waals surface area contributed by atoms with Crippen molar-refractivity contribution in [2.45, 2.75) is 46.1 Å². The molecule has 1 saturated heterocycles. The molecule has 4 nitrogen and oxygen atoms in total. The summed E-state index contributed by atoms with van der Waals surface area (Å²) in [6.07, 6.45) is 2.62. The third-order valence-electron chi connectivity index (χ3n) is 3.36. The Bertz CT molecular complexity index is 237. The molecular weight excluding hydrogens is 218 g/mol. The molecule has 0 aliphatic carbocycles. The molecule has 0 amide bonds. The summed E-state index contributed by atoms with van der Waals surface area (Å²) in [6, 6.07) is 0.175. The van der Waals surface area contributed by atoms with Gasteiger partial charge in [0, 0.05) is 25.8 Å². The molecule has 4 heteroatoms. The van der Waals surface area contributed by atoms with Gasteiger partial charge < -0.3 is 14.8 Å². The van der Waals surface area contributed by atoms with Crippen molar-refractivity contribution < 1.29 is 14.3 Å². The van der Waals surface area contributed by atoms with Crippen LogP contribution in [0.4, 0.5) is 0 Å². The van der Waals surface area contributed by atoms with Gasteiger partial charge in [-0.1, -0.05) is 6.92 Å². The number of esters is 1. The third kappa shape index (κ3) is 5.50. The number of rotatable bonds is 6. The van der Waals surface area contributed by atoms with Crippen LogP contribution in [-0.4, -0.2) is 38.4 Å². The third-order valence-corrected chi connectivity index (χ3v) is 3.36. The maximum absolute atomic E-state index is 11.3. The van der Waals surface area contributed by atoms with Crippen LogP contribution >= 0.6 is 0 Å². The van der Waals surface area contributed by atoms with E-state index in [1.807, 2.05) is 13.8 Å². The molecule has 0 radical (unpaired) electrons. The second kappa shape index (κ2) is 6.97. The highest BCUT2D eigenvalue weighted by atomic mass is 16.5. The molecule has 1 fully saturated rings. The molecular formula is C13H25NO3. The summed E-state index contributed by atoms with van der Waals surface area (Å²) in [4.78, 5) is 11.3. The number of carbonyl (C=O) groups excluding carboxylic acids is 1. The van der Waals surface area contributed by atoms with Crippen LogP contribution in [0.25, 0.3) is 0 Å². The minimum absolute atomic E-state index is 0.121. The Hall–Kier alpha value is -0.610. The Morgan fingerprint density at radius 3 is 2.71 bits per heavy atom. The molecule has 0 aromatic heterocycles. The molecule has 1 aliphatic heterocycles. The largest absolute Gasteiger partial charge is 0.466 e. The molecule has 1 rings (SSSR count). The average molecular weight is 243 g/mol.